The summed E-state index contributed by atoms with van der Waals surface area (Å²) >= 11 is 0. The average molecular weight is 493 g/mol. The first-order valence-corrected chi connectivity index (χ1v) is 12.4. The lowest BCUT2D eigenvalue weighted by molar-refractivity contribution is -0.201. The van der Waals surface area contributed by atoms with E-state index in [9.17, 15) is 19.2 Å². The average Bonchev–Trinajstić information content (AvgIpc) is 3.45. The van der Waals surface area contributed by atoms with Crippen LogP contribution in [-0.2, 0) is 42.9 Å². The molecule has 9 nitrogen and oxygen atoms in total. The molecule has 0 amide bonds. The molecule has 2 saturated heterocycles. The molecule has 35 heavy (non-hydrogen) atoms. The Morgan fingerprint density at radius 1 is 1.03 bits per heavy atom. The first-order valence-electron chi connectivity index (χ1n) is 12.4. The minimum absolute atomic E-state index is 0.0287. The monoisotopic (exact) mass is 492 g/mol. The van der Waals surface area contributed by atoms with Gasteiger partial charge in [-0.1, -0.05) is 19.9 Å². The number of allylic oxidation sites excluding steroid dienone is 1. The van der Waals surface area contributed by atoms with E-state index in [1.54, 1.807) is 0 Å². The van der Waals surface area contributed by atoms with Crippen LogP contribution < -0.4 is 0 Å². The molecule has 0 unspecified atom stereocenters. The van der Waals surface area contributed by atoms with Crippen molar-refractivity contribution >= 4 is 23.9 Å². The molecular formula is C26H36O9. The number of carbonyl (C=O) groups excluding carboxylic acids is 4. The lowest BCUT2D eigenvalue weighted by atomic mass is 9.45. The summed E-state index contributed by atoms with van der Waals surface area (Å²) in [7, 11) is 0. The number of hydrogen-bond donors (Lipinski definition) is 0. The van der Waals surface area contributed by atoms with Gasteiger partial charge in [-0.2, -0.15) is 0 Å². The molecule has 0 aromatic rings. The maximum absolute atomic E-state index is 12.4. The molecule has 9 heteroatoms. The normalized spacial score (nSPS) is 41.2. The maximum Gasteiger partial charge on any atom is 0.337 e. The molecule has 7 atom stereocenters. The Hall–Kier alpha value is -2.42. The van der Waals surface area contributed by atoms with Crippen LogP contribution in [0.4, 0.5) is 0 Å². The predicted octanol–water partition coefficient (Wildman–Crippen LogP) is 2.89. The Balaban J connectivity index is 1.65. The number of fused-ring (bicyclic) bond motifs is 1. The summed E-state index contributed by atoms with van der Waals surface area (Å²) in [6, 6.07) is 0. The van der Waals surface area contributed by atoms with E-state index in [1.165, 1.54) is 20.8 Å². The van der Waals surface area contributed by atoms with Crippen LogP contribution in [0.1, 0.15) is 66.7 Å². The van der Waals surface area contributed by atoms with Gasteiger partial charge in [0.1, 0.15) is 19.3 Å². The molecule has 2 aliphatic heterocycles. The summed E-state index contributed by atoms with van der Waals surface area (Å²) in [5.41, 5.74) is -0.661. The van der Waals surface area contributed by atoms with E-state index in [4.69, 9.17) is 23.7 Å². The minimum Gasteiger partial charge on any atom is -0.465 e. The Kier molecular flexibility index (Phi) is 6.76. The van der Waals surface area contributed by atoms with Crippen LogP contribution >= 0.6 is 0 Å². The summed E-state index contributed by atoms with van der Waals surface area (Å²) < 4.78 is 27.8. The van der Waals surface area contributed by atoms with Crippen molar-refractivity contribution in [3.63, 3.8) is 0 Å². The summed E-state index contributed by atoms with van der Waals surface area (Å²) in [6.45, 7) is 9.26. The van der Waals surface area contributed by atoms with Gasteiger partial charge in [0.25, 0.3) is 0 Å². The van der Waals surface area contributed by atoms with Crippen LogP contribution in [0.5, 0.6) is 0 Å². The Bertz CT molecular complexity index is 935. The fourth-order valence-corrected chi connectivity index (χ4v) is 7.14. The first kappa shape index (κ1) is 25.7. The van der Waals surface area contributed by atoms with E-state index in [0.717, 1.165) is 19.3 Å². The third kappa shape index (κ3) is 4.71. The van der Waals surface area contributed by atoms with Gasteiger partial charge < -0.3 is 23.7 Å². The van der Waals surface area contributed by atoms with E-state index in [1.807, 2.05) is 6.08 Å². The van der Waals surface area contributed by atoms with E-state index in [2.05, 4.69) is 13.8 Å². The lowest BCUT2D eigenvalue weighted by Gasteiger charge is -2.61. The molecule has 1 spiro atoms. The standard InChI is InChI=1S/C26H36O9/c1-15(27)32-13-25(5)20-8-11-26(14-33-26)21(24(20,4)10-9-22(25)35-17(3)29)7-6-18-19(34-16(2)28)12-31-23(18)30/h6,19-22H,7-14H2,1-5H3/b18-6+/t19-,20-,21+,22-,24-,25+,26-/m1/s1. The molecule has 0 radical (unpaired) electrons. The van der Waals surface area contributed by atoms with Gasteiger partial charge in [0.15, 0.2) is 6.10 Å². The lowest BCUT2D eigenvalue weighted by Crippen LogP contribution is -2.61. The van der Waals surface area contributed by atoms with Gasteiger partial charge in [0.05, 0.1) is 17.8 Å². The third-order valence-electron chi connectivity index (χ3n) is 8.80. The number of rotatable bonds is 6. The van der Waals surface area contributed by atoms with Gasteiger partial charge in [-0.05, 0) is 49.4 Å². The molecule has 4 aliphatic rings. The van der Waals surface area contributed by atoms with Crippen LogP contribution in [-0.4, -0.2) is 61.5 Å². The van der Waals surface area contributed by atoms with Gasteiger partial charge in [-0.25, -0.2) is 4.79 Å². The highest BCUT2D eigenvalue weighted by Gasteiger charge is 2.67. The van der Waals surface area contributed by atoms with Crippen LogP contribution in [0.3, 0.4) is 0 Å². The number of hydrogen-bond acceptors (Lipinski definition) is 9. The van der Waals surface area contributed by atoms with Crippen LogP contribution in [0, 0.1) is 22.7 Å². The number of epoxide rings is 1. The number of esters is 4. The second-order valence-electron chi connectivity index (χ2n) is 11.0. The molecule has 4 fully saturated rings. The summed E-state index contributed by atoms with van der Waals surface area (Å²) in [6.07, 6.45) is 4.51. The van der Waals surface area contributed by atoms with E-state index < -0.39 is 23.5 Å². The minimum atomic E-state index is -0.697. The van der Waals surface area contributed by atoms with E-state index in [-0.39, 0.29) is 54.1 Å². The second-order valence-corrected chi connectivity index (χ2v) is 11.0. The zero-order valence-corrected chi connectivity index (χ0v) is 21.2. The quantitative estimate of drug-likeness (QED) is 0.239. The van der Waals surface area contributed by atoms with Crippen molar-refractivity contribution in [3.8, 4) is 0 Å². The predicted molar refractivity (Wildman–Crippen MR) is 122 cm³/mol. The second kappa shape index (κ2) is 9.22. The largest absolute Gasteiger partial charge is 0.465 e. The van der Waals surface area contributed by atoms with Gasteiger partial charge in [-0.15, -0.1) is 0 Å². The Morgan fingerprint density at radius 2 is 1.71 bits per heavy atom. The molecular weight excluding hydrogens is 456 g/mol. The Labute approximate surface area is 205 Å². The van der Waals surface area contributed by atoms with Crippen molar-refractivity contribution in [2.45, 2.75) is 84.5 Å². The van der Waals surface area contributed by atoms with Crippen LogP contribution in [0.25, 0.3) is 0 Å². The van der Waals surface area contributed by atoms with E-state index in [0.29, 0.717) is 25.0 Å². The van der Waals surface area contributed by atoms with Crippen LogP contribution in [0.15, 0.2) is 11.6 Å². The van der Waals surface area contributed by atoms with E-state index >= 15 is 0 Å². The topological polar surface area (TPSA) is 118 Å². The smallest absolute Gasteiger partial charge is 0.337 e. The number of cyclic esters (lactones) is 1. The molecule has 4 rings (SSSR count). The fraction of sp³-hybridized carbons (Fsp3) is 0.769. The van der Waals surface area contributed by atoms with Crippen molar-refractivity contribution in [2.75, 3.05) is 19.8 Å². The van der Waals surface area contributed by atoms with Crippen molar-refractivity contribution in [3.05, 3.63) is 11.6 Å². The van der Waals surface area contributed by atoms with Crippen molar-refractivity contribution in [1.82, 2.24) is 0 Å². The molecule has 2 heterocycles. The summed E-state index contributed by atoms with van der Waals surface area (Å²) in [5.74, 6) is -1.44. The molecule has 0 bridgehead atoms. The fourth-order valence-electron chi connectivity index (χ4n) is 7.14. The number of carbonyl (C=O) groups is 4. The zero-order valence-electron chi connectivity index (χ0n) is 21.2. The van der Waals surface area contributed by atoms with Crippen molar-refractivity contribution in [2.24, 2.45) is 22.7 Å². The SMILES string of the molecule is CC(=O)OC[C@@]1(C)[C@@H]2CC[C@@]3(CO3)[C@@H](C/C=C3/C(=O)OC[C@H]3OC(C)=O)[C@]2(C)CC[C@H]1OC(C)=O. The summed E-state index contributed by atoms with van der Waals surface area (Å²) in [5, 5.41) is 0. The first-order chi connectivity index (χ1) is 16.4. The molecule has 0 aromatic carbocycles. The van der Waals surface area contributed by atoms with Gasteiger partial charge in [-0.3, -0.25) is 14.4 Å². The number of ether oxygens (including phenoxy) is 5. The van der Waals surface area contributed by atoms with Gasteiger partial charge in [0.2, 0.25) is 0 Å². The molecule has 2 saturated carbocycles. The zero-order chi connectivity index (χ0) is 25.6. The highest BCUT2D eigenvalue weighted by molar-refractivity contribution is 5.92. The molecule has 194 valence electrons. The molecule has 2 aliphatic carbocycles. The van der Waals surface area contributed by atoms with Crippen LogP contribution in [0.2, 0.25) is 0 Å². The van der Waals surface area contributed by atoms with Crippen molar-refractivity contribution < 1.29 is 42.9 Å². The van der Waals surface area contributed by atoms with Crippen molar-refractivity contribution in [1.29, 1.82) is 0 Å². The summed E-state index contributed by atoms with van der Waals surface area (Å²) in [4.78, 5) is 47.5. The molecule has 0 aromatic heterocycles. The van der Waals surface area contributed by atoms with Gasteiger partial charge in [0, 0.05) is 26.2 Å². The maximum atomic E-state index is 12.4. The highest BCUT2D eigenvalue weighted by Crippen LogP contribution is 2.66. The molecule has 0 N–H and O–H groups in total. The van der Waals surface area contributed by atoms with Gasteiger partial charge >= 0.3 is 23.9 Å². The Morgan fingerprint density at radius 3 is 2.31 bits per heavy atom. The highest BCUT2D eigenvalue weighted by atomic mass is 16.6. The third-order valence-corrected chi connectivity index (χ3v) is 8.80.